The Hall–Kier alpha value is -3.53. The minimum atomic E-state index is -0.0789. The van der Waals surface area contributed by atoms with Crippen LogP contribution in [-0.4, -0.2) is 47.1 Å². The van der Waals surface area contributed by atoms with E-state index in [4.69, 9.17) is 9.72 Å². The number of nitrogens with one attached hydrogen (secondary N) is 1. The topological polar surface area (TPSA) is 105 Å². The van der Waals surface area contributed by atoms with Gasteiger partial charge in [0.2, 0.25) is 5.95 Å². The summed E-state index contributed by atoms with van der Waals surface area (Å²) >= 11 is 0. The van der Waals surface area contributed by atoms with Crippen molar-refractivity contribution in [1.29, 1.82) is 0 Å². The first-order valence-corrected chi connectivity index (χ1v) is 10.3. The molecule has 0 saturated carbocycles. The Morgan fingerprint density at radius 1 is 1.10 bits per heavy atom. The van der Waals surface area contributed by atoms with Gasteiger partial charge in [0.1, 0.15) is 5.52 Å². The molecule has 10 heteroatoms. The molecule has 31 heavy (non-hydrogen) atoms. The summed E-state index contributed by atoms with van der Waals surface area (Å²) in [7, 11) is 3.63. The summed E-state index contributed by atoms with van der Waals surface area (Å²) in [6, 6.07) is 2.08. The van der Waals surface area contributed by atoms with Gasteiger partial charge in [-0.2, -0.15) is 10.1 Å². The van der Waals surface area contributed by atoms with Crippen molar-refractivity contribution in [3.8, 4) is 11.1 Å². The molecular weight excluding hydrogens is 396 g/mol. The number of ether oxygens (including phenoxy) is 1. The van der Waals surface area contributed by atoms with Crippen molar-refractivity contribution in [2.45, 2.75) is 25.8 Å². The Bertz CT molecular complexity index is 1310. The quantitative estimate of drug-likeness (QED) is 0.540. The average Bonchev–Trinajstić information content (AvgIpc) is 3.31. The standard InChI is InChI=1S/C21H24N8O2/c1-13-17(8-14(9-22-13)15-10-24-27(2)12-15)25-20-23-11-18-19(26-20)29(21(30)28(18)3)16-4-6-31-7-5-16/h8-12,16H,4-7H2,1-3H3,(H,23,25,26). The molecule has 1 N–H and O–H groups in total. The molecule has 0 aromatic carbocycles. The molecule has 0 aliphatic carbocycles. The highest BCUT2D eigenvalue weighted by Gasteiger charge is 2.23. The van der Waals surface area contributed by atoms with E-state index in [2.05, 4.69) is 20.4 Å². The van der Waals surface area contributed by atoms with Crippen LogP contribution in [0.4, 0.5) is 11.6 Å². The lowest BCUT2D eigenvalue weighted by Crippen LogP contribution is -2.30. The Morgan fingerprint density at radius 2 is 1.90 bits per heavy atom. The second kappa shape index (κ2) is 7.62. The van der Waals surface area contributed by atoms with Crippen LogP contribution < -0.4 is 11.0 Å². The first-order chi connectivity index (χ1) is 15.0. The number of imidazole rings is 1. The number of fused-ring (bicyclic) bond motifs is 1. The summed E-state index contributed by atoms with van der Waals surface area (Å²) in [6.45, 7) is 3.22. The van der Waals surface area contributed by atoms with Crippen LogP contribution in [0.15, 0.2) is 35.6 Å². The number of anilines is 2. The molecule has 4 aromatic rings. The van der Waals surface area contributed by atoms with E-state index in [1.54, 1.807) is 33.3 Å². The van der Waals surface area contributed by atoms with Gasteiger partial charge in [0, 0.05) is 56.9 Å². The molecule has 1 aliphatic heterocycles. The molecule has 1 aliphatic rings. The molecule has 5 rings (SSSR count). The summed E-state index contributed by atoms with van der Waals surface area (Å²) in [4.78, 5) is 26.6. The van der Waals surface area contributed by atoms with Crippen LogP contribution in [0.5, 0.6) is 0 Å². The van der Waals surface area contributed by atoms with Gasteiger partial charge in [-0.3, -0.25) is 18.8 Å². The third kappa shape index (κ3) is 3.48. The number of hydrogen-bond donors (Lipinski definition) is 1. The van der Waals surface area contributed by atoms with E-state index in [9.17, 15) is 4.79 Å². The number of aromatic nitrogens is 7. The highest BCUT2D eigenvalue weighted by Crippen LogP contribution is 2.27. The highest BCUT2D eigenvalue weighted by molar-refractivity contribution is 5.74. The molecule has 1 saturated heterocycles. The van der Waals surface area contributed by atoms with Gasteiger partial charge in [-0.15, -0.1) is 0 Å². The van der Waals surface area contributed by atoms with Gasteiger partial charge in [-0.25, -0.2) is 9.78 Å². The van der Waals surface area contributed by atoms with Crippen molar-refractivity contribution in [1.82, 2.24) is 33.9 Å². The first-order valence-electron chi connectivity index (χ1n) is 10.3. The zero-order valence-electron chi connectivity index (χ0n) is 17.7. The second-order valence-electron chi connectivity index (χ2n) is 7.84. The van der Waals surface area contributed by atoms with E-state index in [1.165, 1.54) is 0 Å². The molecule has 5 heterocycles. The lowest BCUT2D eigenvalue weighted by molar-refractivity contribution is 0.0695. The zero-order chi connectivity index (χ0) is 21.5. The summed E-state index contributed by atoms with van der Waals surface area (Å²) in [6.07, 6.45) is 8.84. The van der Waals surface area contributed by atoms with Crippen LogP contribution >= 0.6 is 0 Å². The van der Waals surface area contributed by atoms with Crippen molar-refractivity contribution in [3.63, 3.8) is 0 Å². The van der Waals surface area contributed by atoms with Crippen molar-refractivity contribution in [2.24, 2.45) is 14.1 Å². The van der Waals surface area contributed by atoms with E-state index in [-0.39, 0.29) is 11.7 Å². The minimum Gasteiger partial charge on any atom is -0.381 e. The fourth-order valence-electron chi connectivity index (χ4n) is 3.98. The summed E-state index contributed by atoms with van der Waals surface area (Å²) < 4.78 is 10.6. The summed E-state index contributed by atoms with van der Waals surface area (Å²) in [5.74, 6) is 0.423. The highest BCUT2D eigenvalue weighted by atomic mass is 16.5. The van der Waals surface area contributed by atoms with Crippen molar-refractivity contribution in [3.05, 3.63) is 47.0 Å². The van der Waals surface area contributed by atoms with Crippen LogP contribution in [0, 0.1) is 6.92 Å². The molecule has 4 aromatic heterocycles. The maximum atomic E-state index is 12.9. The van der Waals surface area contributed by atoms with Crippen LogP contribution in [0.1, 0.15) is 24.6 Å². The van der Waals surface area contributed by atoms with Crippen molar-refractivity contribution < 1.29 is 4.74 Å². The lowest BCUT2D eigenvalue weighted by Gasteiger charge is -2.22. The fraction of sp³-hybridized carbons (Fsp3) is 0.381. The van der Waals surface area contributed by atoms with Crippen molar-refractivity contribution in [2.75, 3.05) is 18.5 Å². The first kappa shape index (κ1) is 19.4. The molecular formula is C21H24N8O2. The SMILES string of the molecule is Cc1ncc(-c2cnn(C)c2)cc1Nc1ncc2c(n1)n(C1CCOCC1)c(=O)n2C. The van der Waals surface area contributed by atoms with Gasteiger partial charge in [0.15, 0.2) is 5.65 Å². The fourth-order valence-corrected chi connectivity index (χ4v) is 3.98. The average molecular weight is 420 g/mol. The van der Waals surface area contributed by atoms with Gasteiger partial charge >= 0.3 is 5.69 Å². The summed E-state index contributed by atoms with van der Waals surface area (Å²) in [5.41, 5.74) is 4.81. The molecule has 0 spiro atoms. The van der Waals surface area contributed by atoms with E-state index in [0.717, 1.165) is 35.3 Å². The van der Waals surface area contributed by atoms with Crippen LogP contribution in [-0.2, 0) is 18.8 Å². The third-order valence-electron chi connectivity index (χ3n) is 5.76. The normalized spacial score (nSPS) is 14.9. The van der Waals surface area contributed by atoms with Crippen molar-refractivity contribution >= 4 is 22.8 Å². The number of hydrogen-bond acceptors (Lipinski definition) is 7. The number of aryl methyl sites for hydroxylation is 3. The Balaban J connectivity index is 1.53. The smallest absolute Gasteiger partial charge is 0.330 e. The van der Waals surface area contributed by atoms with Gasteiger partial charge in [-0.05, 0) is 25.8 Å². The Labute approximate surface area is 178 Å². The van der Waals surface area contributed by atoms with Gasteiger partial charge in [0.05, 0.1) is 23.8 Å². The largest absolute Gasteiger partial charge is 0.381 e. The second-order valence-corrected chi connectivity index (χ2v) is 7.84. The van der Waals surface area contributed by atoms with E-state index in [0.29, 0.717) is 30.3 Å². The van der Waals surface area contributed by atoms with E-state index in [1.807, 2.05) is 32.4 Å². The molecule has 0 amide bonds. The molecule has 1 fully saturated rings. The number of nitrogens with zero attached hydrogens (tertiary/aromatic N) is 7. The number of rotatable bonds is 4. The van der Waals surface area contributed by atoms with Gasteiger partial charge in [-0.1, -0.05) is 0 Å². The predicted molar refractivity (Wildman–Crippen MR) is 116 cm³/mol. The summed E-state index contributed by atoms with van der Waals surface area (Å²) in [5, 5.41) is 7.51. The maximum Gasteiger partial charge on any atom is 0.330 e. The minimum absolute atomic E-state index is 0.0741. The van der Waals surface area contributed by atoms with E-state index < -0.39 is 0 Å². The molecule has 0 radical (unpaired) electrons. The van der Waals surface area contributed by atoms with E-state index >= 15 is 0 Å². The molecule has 10 nitrogen and oxygen atoms in total. The molecule has 0 bridgehead atoms. The van der Waals surface area contributed by atoms with Gasteiger partial charge < -0.3 is 10.1 Å². The lowest BCUT2D eigenvalue weighted by atomic mass is 10.1. The zero-order valence-corrected chi connectivity index (χ0v) is 17.7. The van der Waals surface area contributed by atoms with Crippen LogP contribution in [0.25, 0.3) is 22.3 Å². The van der Waals surface area contributed by atoms with Gasteiger partial charge in [0.25, 0.3) is 0 Å². The van der Waals surface area contributed by atoms with Crippen LogP contribution in [0.3, 0.4) is 0 Å². The third-order valence-corrected chi connectivity index (χ3v) is 5.76. The number of pyridine rings is 1. The Morgan fingerprint density at radius 3 is 2.65 bits per heavy atom. The van der Waals surface area contributed by atoms with Crippen LogP contribution in [0.2, 0.25) is 0 Å². The predicted octanol–water partition coefficient (Wildman–Crippen LogP) is 2.33. The monoisotopic (exact) mass is 420 g/mol. The molecule has 160 valence electrons. The Kier molecular flexibility index (Phi) is 4.78. The molecule has 0 unspecified atom stereocenters. The molecule has 0 atom stereocenters. The maximum absolute atomic E-state index is 12.9.